The van der Waals surface area contributed by atoms with E-state index in [1.807, 2.05) is 32.9 Å². The van der Waals surface area contributed by atoms with Gasteiger partial charge in [-0.25, -0.2) is 0 Å². The molecule has 0 aromatic heterocycles. The number of nitrogens with one attached hydrogen (secondary N) is 1. The first kappa shape index (κ1) is 24.7. The van der Waals surface area contributed by atoms with Crippen molar-refractivity contribution >= 4 is 17.8 Å². The number of fused-ring (bicyclic) bond motifs is 1. The number of amides is 2. The highest BCUT2D eigenvalue weighted by molar-refractivity contribution is 5.96. The number of rotatable bonds is 8. The summed E-state index contributed by atoms with van der Waals surface area (Å²) in [6, 6.07) is -1.08. The van der Waals surface area contributed by atoms with Crippen molar-refractivity contribution in [3.05, 3.63) is 12.2 Å². The van der Waals surface area contributed by atoms with Gasteiger partial charge in [0.2, 0.25) is 11.8 Å². The van der Waals surface area contributed by atoms with Gasteiger partial charge in [0.05, 0.1) is 31.1 Å². The molecule has 0 radical (unpaired) electrons. The van der Waals surface area contributed by atoms with Gasteiger partial charge in [-0.05, 0) is 38.0 Å². The molecule has 2 amide bonds. The molecular formula is C25H40N2O5. The minimum Gasteiger partial charge on any atom is -0.466 e. The standard InChI is InChI=1S/C25H40N2O5/c1-5-16-12-13-18-21(20(16)25(31)32-6-2)24(30)27(19(14-28)15(3)4)22(18)23(29)26-17-10-8-7-9-11-17/h12-13,15-22,28H,5-11,14H2,1-4H3,(H,26,29)/t16-,18+,19+,20-,21+,22+/m1/s1. The largest absolute Gasteiger partial charge is 0.466 e. The lowest BCUT2D eigenvalue weighted by atomic mass is 9.69. The fourth-order valence-corrected chi connectivity index (χ4v) is 5.90. The monoisotopic (exact) mass is 448 g/mol. The summed E-state index contributed by atoms with van der Waals surface area (Å²) >= 11 is 0. The van der Waals surface area contributed by atoms with Crippen molar-refractivity contribution in [3.8, 4) is 0 Å². The van der Waals surface area contributed by atoms with Crippen molar-refractivity contribution in [1.82, 2.24) is 10.2 Å². The molecule has 2 N–H and O–H groups in total. The Morgan fingerprint density at radius 2 is 1.88 bits per heavy atom. The van der Waals surface area contributed by atoms with E-state index in [-0.39, 0.29) is 48.9 Å². The van der Waals surface area contributed by atoms with E-state index in [9.17, 15) is 19.5 Å². The van der Waals surface area contributed by atoms with Gasteiger partial charge >= 0.3 is 5.97 Å². The lowest BCUT2D eigenvalue weighted by Gasteiger charge is -2.36. The van der Waals surface area contributed by atoms with Crippen LogP contribution in [0.1, 0.15) is 66.2 Å². The number of allylic oxidation sites excluding steroid dienone is 1. The van der Waals surface area contributed by atoms with E-state index < -0.39 is 29.8 Å². The number of nitrogens with zero attached hydrogens (tertiary/aromatic N) is 1. The molecule has 2 aliphatic carbocycles. The van der Waals surface area contributed by atoms with Crippen molar-refractivity contribution in [1.29, 1.82) is 0 Å². The van der Waals surface area contributed by atoms with Crippen molar-refractivity contribution in [3.63, 3.8) is 0 Å². The average molecular weight is 449 g/mol. The van der Waals surface area contributed by atoms with Gasteiger partial charge in [0.25, 0.3) is 0 Å². The number of carbonyl (C=O) groups excluding carboxylic acids is 3. The predicted octanol–water partition coefficient (Wildman–Crippen LogP) is 2.67. The molecule has 0 spiro atoms. The first-order valence-electron chi connectivity index (χ1n) is 12.4. The van der Waals surface area contributed by atoms with Crippen LogP contribution in [0.15, 0.2) is 12.2 Å². The van der Waals surface area contributed by atoms with Crippen LogP contribution in [0.5, 0.6) is 0 Å². The summed E-state index contributed by atoms with van der Waals surface area (Å²) in [5.41, 5.74) is 0. The second-order valence-electron chi connectivity index (χ2n) is 9.87. The number of hydrogen-bond acceptors (Lipinski definition) is 5. The molecular weight excluding hydrogens is 408 g/mol. The molecule has 1 saturated carbocycles. The number of aliphatic hydroxyl groups excluding tert-OH is 1. The summed E-state index contributed by atoms with van der Waals surface area (Å²) in [4.78, 5) is 42.0. The van der Waals surface area contributed by atoms with Crippen molar-refractivity contribution in [2.75, 3.05) is 13.2 Å². The summed E-state index contributed by atoms with van der Waals surface area (Å²) in [6.45, 7) is 7.68. The molecule has 1 saturated heterocycles. The third-order valence-corrected chi connectivity index (χ3v) is 7.61. The molecule has 7 nitrogen and oxygen atoms in total. The molecule has 7 heteroatoms. The maximum Gasteiger partial charge on any atom is 0.310 e. The van der Waals surface area contributed by atoms with Gasteiger partial charge in [-0.3, -0.25) is 14.4 Å². The molecule has 32 heavy (non-hydrogen) atoms. The molecule has 2 fully saturated rings. The van der Waals surface area contributed by atoms with Crippen LogP contribution in [0, 0.1) is 29.6 Å². The van der Waals surface area contributed by atoms with Gasteiger partial charge in [0.1, 0.15) is 6.04 Å². The molecule has 6 atom stereocenters. The number of hydrogen-bond donors (Lipinski definition) is 2. The molecule has 0 unspecified atom stereocenters. The zero-order valence-electron chi connectivity index (χ0n) is 20.0. The Labute approximate surface area is 191 Å². The van der Waals surface area contributed by atoms with Crippen molar-refractivity contribution < 1.29 is 24.2 Å². The Morgan fingerprint density at radius 1 is 1.19 bits per heavy atom. The van der Waals surface area contributed by atoms with Crippen LogP contribution in [0.25, 0.3) is 0 Å². The topological polar surface area (TPSA) is 95.9 Å². The quantitative estimate of drug-likeness (QED) is 0.440. The summed E-state index contributed by atoms with van der Waals surface area (Å²) in [5.74, 6) is -2.54. The molecule has 0 aromatic rings. The first-order valence-corrected chi connectivity index (χ1v) is 12.4. The number of carbonyl (C=O) groups is 3. The maximum absolute atomic E-state index is 13.8. The Morgan fingerprint density at radius 3 is 2.44 bits per heavy atom. The predicted molar refractivity (Wildman–Crippen MR) is 121 cm³/mol. The Balaban J connectivity index is 1.98. The smallest absolute Gasteiger partial charge is 0.310 e. The molecule has 0 bridgehead atoms. The third-order valence-electron chi connectivity index (χ3n) is 7.61. The van der Waals surface area contributed by atoms with Crippen LogP contribution in [0.3, 0.4) is 0 Å². The van der Waals surface area contributed by atoms with Crippen molar-refractivity contribution in [2.45, 2.75) is 84.3 Å². The SMILES string of the molecule is CCOC(=O)[C@H]1[C@H]2C(=O)N([C@@H](CO)C(C)C)[C@H](C(=O)NC3CCCCC3)[C@H]2C=C[C@H]1CC. The molecule has 1 aliphatic heterocycles. The van der Waals surface area contributed by atoms with Crippen LogP contribution in [-0.4, -0.2) is 59.1 Å². The van der Waals surface area contributed by atoms with E-state index in [1.165, 1.54) is 6.42 Å². The third kappa shape index (κ3) is 4.73. The highest BCUT2D eigenvalue weighted by atomic mass is 16.5. The van der Waals surface area contributed by atoms with Crippen LogP contribution in [0.2, 0.25) is 0 Å². The van der Waals surface area contributed by atoms with Crippen molar-refractivity contribution in [2.24, 2.45) is 29.6 Å². The van der Waals surface area contributed by atoms with E-state index in [1.54, 1.807) is 11.8 Å². The normalized spacial score (nSPS) is 31.5. The van der Waals surface area contributed by atoms with E-state index in [0.717, 1.165) is 25.7 Å². The molecule has 0 aromatic carbocycles. The number of esters is 1. The summed E-state index contributed by atoms with van der Waals surface area (Å²) in [7, 11) is 0. The molecule has 3 rings (SSSR count). The second kappa shape index (κ2) is 10.8. The zero-order chi connectivity index (χ0) is 23.4. The highest BCUT2D eigenvalue weighted by Gasteiger charge is 2.59. The van der Waals surface area contributed by atoms with Gasteiger partial charge in [-0.15, -0.1) is 0 Å². The first-order chi connectivity index (χ1) is 15.3. The Kier molecular flexibility index (Phi) is 8.37. The lowest BCUT2D eigenvalue weighted by Crippen LogP contribution is -2.55. The van der Waals surface area contributed by atoms with E-state index >= 15 is 0 Å². The fraction of sp³-hybridized carbons (Fsp3) is 0.800. The highest BCUT2D eigenvalue weighted by Crippen LogP contribution is 2.46. The van der Waals surface area contributed by atoms with E-state index in [4.69, 9.17) is 4.74 Å². The summed E-state index contributed by atoms with van der Waals surface area (Å²) in [6.07, 6.45) is 9.95. The number of aliphatic hydroxyl groups is 1. The minimum absolute atomic E-state index is 0.0268. The van der Waals surface area contributed by atoms with Crippen LogP contribution in [-0.2, 0) is 19.1 Å². The fourth-order valence-electron chi connectivity index (χ4n) is 5.90. The Hall–Kier alpha value is -1.89. The Bertz CT molecular complexity index is 715. The molecule has 3 aliphatic rings. The lowest BCUT2D eigenvalue weighted by molar-refractivity contribution is -0.156. The zero-order valence-corrected chi connectivity index (χ0v) is 20.0. The van der Waals surface area contributed by atoms with E-state index in [0.29, 0.717) is 6.42 Å². The molecule has 180 valence electrons. The van der Waals surface area contributed by atoms with Gasteiger partial charge in [0, 0.05) is 12.0 Å². The second-order valence-corrected chi connectivity index (χ2v) is 9.87. The van der Waals surface area contributed by atoms with Gasteiger partial charge in [0.15, 0.2) is 0 Å². The van der Waals surface area contributed by atoms with Crippen LogP contribution < -0.4 is 5.32 Å². The minimum atomic E-state index is -0.722. The van der Waals surface area contributed by atoms with E-state index in [2.05, 4.69) is 5.32 Å². The van der Waals surface area contributed by atoms with Gasteiger partial charge < -0.3 is 20.1 Å². The average Bonchev–Trinajstić information content (AvgIpc) is 3.06. The van der Waals surface area contributed by atoms with Crippen LogP contribution >= 0.6 is 0 Å². The van der Waals surface area contributed by atoms with Gasteiger partial charge in [-0.2, -0.15) is 0 Å². The number of ether oxygens (including phenoxy) is 1. The maximum atomic E-state index is 13.8. The molecule has 1 heterocycles. The number of likely N-dealkylation sites (tertiary alicyclic amines) is 1. The van der Waals surface area contributed by atoms with Gasteiger partial charge in [-0.1, -0.05) is 52.2 Å². The summed E-state index contributed by atoms with van der Waals surface area (Å²) < 4.78 is 5.36. The van der Waals surface area contributed by atoms with Crippen LogP contribution in [0.4, 0.5) is 0 Å². The summed E-state index contributed by atoms with van der Waals surface area (Å²) in [5, 5.41) is 13.3.